The third kappa shape index (κ3) is 3.62. The Balaban J connectivity index is 2.33. The fraction of sp³-hybridized carbons (Fsp3) is 0.700. The summed E-state index contributed by atoms with van der Waals surface area (Å²) < 4.78 is 9.75. The van der Waals surface area contributed by atoms with E-state index < -0.39 is 12.1 Å². The number of hydrogen-bond acceptors (Lipinski definition) is 5. The molecule has 86 valence electrons. The second-order valence-corrected chi connectivity index (χ2v) is 3.44. The van der Waals surface area contributed by atoms with Crippen LogP contribution in [0.5, 0.6) is 0 Å². The number of aliphatic hydroxyl groups is 2. The van der Waals surface area contributed by atoms with Crippen molar-refractivity contribution >= 4 is 5.97 Å². The molecule has 0 aromatic heterocycles. The smallest absolute Gasteiger partial charge is 0.330 e. The van der Waals surface area contributed by atoms with Gasteiger partial charge in [-0.2, -0.15) is 0 Å². The molecule has 0 aromatic carbocycles. The highest BCUT2D eigenvalue weighted by Crippen LogP contribution is 2.22. The van der Waals surface area contributed by atoms with Crippen molar-refractivity contribution < 1.29 is 24.5 Å². The van der Waals surface area contributed by atoms with Gasteiger partial charge in [-0.05, 0) is 6.42 Å². The van der Waals surface area contributed by atoms with E-state index in [1.54, 1.807) is 6.08 Å². The molecule has 15 heavy (non-hydrogen) atoms. The van der Waals surface area contributed by atoms with Crippen LogP contribution in [0.15, 0.2) is 12.2 Å². The summed E-state index contributed by atoms with van der Waals surface area (Å²) in [5.74, 6) is -0.429. The van der Waals surface area contributed by atoms with Gasteiger partial charge in [0.1, 0.15) is 0 Å². The predicted molar refractivity (Wildman–Crippen MR) is 52.1 cm³/mol. The SMILES string of the molecule is COC(=O)/C=C/C[C@@H]1O[C@H](CO)C[C@@H]1O. The quantitative estimate of drug-likeness (QED) is 0.494. The van der Waals surface area contributed by atoms with Crippen LogP contribution in [0.4, 0.5) is 0 Å². The minimum absolute atomic E-state index is 0.0890. The molecule has 0 aromatic rings. The monoisotopic (exact) mass is 216 g/mol. The molecule has 0 spiro atoms. The van der Waals surface area contributed by atoms with E-state index >= 15 is 0 Å². The average Bonchev–Trinajstić information content (AvgIpc) is 2.59. The van der Waals surface area contributed by atoms with Crippen LogP contribution in [0.2, 0.25) is 0 Å². The number of carbonyl (C=O) groups excluding carboxylic acids is 1. The standard InChI is InChI=1S/C10H16O5/c1-14-10(13)4-2-3-9-8(12)5-7(6-11)15-9/h2,4,7-9,11-12H,3,5-6H2,1H3/b4-2+/t7-,8-,9-/m0/s1. The summed E-state index contributed by atoms with van der Waals surface area (Å²) in [7, 11) is 1.30. The number of hydrogen-bond donors (Lipinski definition) is 2. The summed E-state index contributed by atoms with van der Waals surface area (Å²) in [5, 5.41) is 18.4. The van der Waals surface area contributed by atoms with Crippen molar-refractivity contribution in [2.45, 2.75) is 31.2 Å². The number of carbonyl (C=O) groups is 1. The van der Waals surface area contributed by atoms with Crippen LogP contribution in [0.1, 0.15) is 12.8 Å². The van der Waals surface area contributed by atoms with Crippen LogP contribution in [0.3, 0.4) is 0 Å². The van der Waals surface area contributed by atoms with Crippen molar-refractivity contribution in [2.24, 2.45) is 0 Å². The highest BCUT2D eigenvalue weighted by molar-refractivity contribution is 5.81. The van der Waals surface area contributed by atoms with Gasteiger partial charge in [0.05, 0.1) is 32.0 Å². The fourth-order valence-electron chi connectivity index (χ4n) is 1.51. The summed E-state index contributed by atoms with van der Waals surface area (Å²) in [6.45, 7) is -0.0890. The molecule has 0 aliphatic carbocycles. The Morgan fingerprint density at radius 1 is 1.67 bits per heavy atom. The third-order valence-corrected chi connectivity index (χ3v) is 2.33. The summed E-state index contributed by atoms with van der Waals surface area (Å²) in [6, 6.07) is 0. The Kier molecular flexibility index (Phi) is 4.74. The summed E-state index contributed by atoms with van der Waals surface area (Å²) in [6.07, 6.45) is 2.55. The lowest BCUT2D eigenvalue weighted by atomic mass is 10.1. The molecular formula is C10H16O5. The molecule has 0 bridgehead atoms. The molecule has 0 unspecified atom stereocenters. The van der Waals surface area contributed by atoms with Crippen LogP contribution in [0.25, 0.3) is 0 Å². The van der Waals surface area contributed by atoms with Gasteiger partial charge >= 0.3 is 5.97 Å². The first-order valence-electron chi connectivity index (χ1n) is 4.86. The topological polar surface area (TPSA) is 76.0 Å². The van der Waals surface area contributed by atoms with Crippen molar-refractivity contribution in [2.75, 3.05) is 13.7 Å². The first kappa shape index (κ1) is 12.2. The van der Waals surface area contributed by atoms with Crippen LogP contribution in [0, 0.1) is 0 Å². The zero-order valence-corrected chi connectivity index (χ0v) is 8.63. The third-order valence-electron chi connectivity index (χ3n) is 2.33. The Morgan fingerprint density at radius 3 is 2.93 bits per heavy atom. The van der Waals surface area contributed by atoms with Crippen molar-refractivity contribution in [3.63, 3.8) is 0 Å². The minimum Gasteiger partial charge on any atom is -0.466 e. The van der Waals surface area contributed by atoms with E-state index in [2.05, 4.69) is 4.74 Å². The van der Waals surface area contributed by atoms with Gasteiger partial charge in [0.2, 0.25) is 0 Å². The largest absolute Gasteiger partial charge is 0.466 e. The highest BCUT2D eigenvalue weighted by Gasteiger charge is 2.32. The van der Waals surface area contributed by atoms with Crippen LogP contribution in [-0.2, 0) is 14.3 Å². The van der Waals surface area contributed by atoms with E-state index in [4.69, 9.17) is 9.84 Å². The zero-order chi connectivity index (χ0) is 11.3. The van der Waals surface area contributed by atoms with E-state index in [0.717, 1.165) is 0 Å². The van der Waals surface area contributed by atoms with Gasteiger partial charge in [0, 0.05) is 12.5 Å². The fourth-order valence-corrected chi connectivity index (χ4v) is 1.51. The van der Waals surface area contributed by atoms with Crippen LogP contribution >= 0.6 is 0 Å². The molecule has 1 aliphatic rings. The minimum atomic E-state index is -0.579. The number of esters is 1. The summed E-state index contributed by atoms with van der Waals surface area (Å²) in [4.78, 5) is 10.7. The lowest BCUT2D eigenvalue weighted by Crippen LogP contribution is -2.19. The van der Waals surface area contributed by atoms with Gasteiger partial charge in [-0.15, -0.1) is 0 Å². The molecule has 0 saturated carbocycles. The summed E-state index contributed by atoms with van der Waals surface area (Å²) >= 11 is 0. The second kappa shape index (κ2) is 5.85. The molecule has 1 rings (SSSR count). The van der Waals surface area contributed by atoms with Gasteiger partial charge in [0.25, 0.3) is 0 Å². The Bertz CT molecular complexity index is 238. The first-order chi connectivity index (χ1) is 7.17. The van der Waals surface area contributed by atoms with Crippen molar-refractivity contribution in [3.8, 4) is 0 Å². The van der Waals surface area contributed by atoms with E-state index in [1.165, 1.54) is 13.2 Å². The number of aliphatic hydroxyl groups excluding tert-OH is 2. The first-order valence-corrected chi connectivity index (χ1v) is 4.86. The molecule has 5 nitrogen and oxygen atoms in total. The molecular weight excluding hydrogens is 200 g/mol. The molecule has 5 heteroatoms. The molecule has 1 aliphatic heterocycles. The predicted octanol–water partition coefficient (Wildman–Crippen LogP) is -0.384. The number of methoxy groups -OCH3 is 1. The van der Waals surface area contributed by atoms with Crippen molar-refractivity contribution in [3.05, 3.63) is 12.2 Å². The Morgan fingerprint density at radius 2 is 2.40 bits per heavy atom. The highest BCUT2D eigenvalue weighted by atomic mass is 16.5. The zero-order valence-electron chi connectivity index (χ0n) is 8.63. The molecule has 1 saturated heterocycles. The van der Waals surface area contributed by atoms with Gasteiger partial charge in [0.15, 0.2) is 0 Å². The molecule has 3 atom stereocenters. The van der Waals surface area contributed by atoms with Gasteiger partial charge in [-0.25, -0.2) is 4.79 Å². The Hall–Kier alpha value is -0.910. The summed E-state index contributed by atoms with van der Waals surface area (Å²) in [5.41, 5.74) is 0. The van der Waals surface area contributed by atoms with Gasteiger partial charge < -0.3 is 19.7 Å². The maximum atomic E-state index is 10.7. The van der Waals surface area contributed by atoms with Crippen molar-refractivity contribution in [1.29, 1.82) is 0 Å². The van der Waals surface area contributed by atoms with Crippen molar-refractivity contribution in [1.82, 2.24) is 0 Å². The van der Waals surface area contributed by atoms with Crippen LogP contribution in [-0.4, -0.2) is 48.2 Å². The van der Waals surface area contributed by atoms with Gasteiger partial charge in [-0.3, -0.25) is 0 Å². The van der Waals surface area contributed by atoms with Crippen LogP contribution < -0.4 is 0 Å². The van der Waals surface area contributed by atoms with E-state index in [1.807, 2.05) is 0 Å². The normalized spacial score (nSPS) is 31.0. The number of ether oxygens (including phenoxy) is 2. The molecule has 1 fully saturated rings. The Labute approximate surface area is 88.3 Å². The molecule has 0 radical (unpaired) electrons. The van der Waals surface area contributed by atoms with E-state index in [9.17, 15) is 9.90 Å². The maximum absolute atomic E-state index is 10.7. The number of rotatable bonds is 4. The molecule has 0 amide bonds. The second-order valence-electron chi connectivity index (χ2n) is 3.44. The average molecular weight is 216 g/mol. The lowest BCUT2D eigenvalue weighted by molar-refractivity contribution is -0.134. The molecule has 2 N–H and O–H groups in total. The maximum Gasteiger partial charge on any atom is 0.330 e. The lowest BCUT2D eigenvalue weighted by Gasteiger charge is -2.11. The molecule has 1 heterocycles. The van der Waals surface area contributed by atoms with Gasteiger partial charge in [-0.1, -0.05) is 6.08 Å². The van der Waals surface area contributed by atoms with E-state index in [0.29, 0.717) is 12.8 Å². The van der Waals surface area contributed by atoms with E-state index in [-0.39, 0.29) is 18.8 Å².